The summed E-state index contributed by atoms with van der Waals surface area (Å²) < 4.78 is 25.8. The first-order chi connectivity index (χ1) is 16.3. The molecule has 0 heterocycles. The van der Waals surface area contributed by atoms with Crippen LogP contribution in [0.3, 0.4) is 0 Å². The van der Waals surface area contributed by atoms with E-state index in [-0.39, 0.29) is 10.6 Å². The minimum absolute atomic E-state index is 0.00989. The van der Waals surface area contributed by atoms with Gasteiger partial charge in [0.1, 0.15) is 0 Å². The number of nitrogens with one attached hydrogen (secondary N) is 2. The normalized spacial score (nSPS) is 11.8. The smallest absolute Gasteiger partial charge is 0.255 e. The largest absolute Gasteiger partial charge is 0.322 e. The van der Waals surface area contributed by atoms with Crippen LogP contribution in [0.4, 0.5) is 5.69 Å². The Hall–Kier alpha value is -3.65. The third-order valence-electron chi connectivity index (χ3n) is 4.84. The van der Waals surface area contributed by atoms with Crippen molar-refractivity contribution in [1.29, 1.82) is 5.26 Å². The SMILES string of the molecule is N#Cc1ccc(C(=O)Nc2ccc(S(=O)(=O)CC(CSc3ccccc3)C(=O)NO)cc2)cc1. The summed E-state index contributed by atoms with van der Waals surface area (Å²) in [4.78, 5) is 25.3. The van der Waals surface area contributed by atoms with Crippen molar-refractivity contribution < 1.29 is 23.2 Å². The molecule has 8 nitrogen and oxygen atoms in total. The number of rotatable bonds is 9. The number of thioether (sulfide) groups is 1. The first kappa shape index (κ1) is 25.0. The van der Waals surface area contributed by atoms with E-state index >= 15 is 0 Å². The van der Waals surface area contributed by atoms with E-state index < -0.39 is 33.3 Å². The zero-order valence-electron chi connectivity index (χ0n) is 17.8. The molecule has 10 heteroatoms. The summed E-state index contributed by atoms with van der Waals surface area (Å²) in [6.07, 6.45) is 0. The molecule has 0 aliphatic rings. The molecule has 3 N–H and O–H groups in total. The van der Waals surface area contributed by atoms with Crippen LogP contribution in [0, 0.1) is 17.2 Å². The van der Waals surface area contributed by atoms with E-state index in [1.807, 2.05) is 36.4 Å². The van der Waals surface area contributed by atoms with Crippen molar-refractivity contribution in [2.45, 2.75) is 9.79 Å². The van der Waals surface area contributed by atoms with Crippen LogP contribution in [0.2, 0.25) is 0 Å². The molecule has 1 unspecified atom stereocenters. The van der Waals surface area contributed by atoms with E-state index in [2.05, 4.69) is 5.32 Å². The van der Waals surface area contributed by atoms with Crippen LogP contribution < -0.4 is 10.8 Å². The number of anilines is 1. The summed E-state index contributed by atoms with van der Waals surface area (Å²) in [5.74, 6) is -2.49. The van der Waals surface area contributed by atoms with Crippen LogP contribution in [-0.4, -0.2) is 36.9 Å². The highest BCUT2D eigenvalue weighted by Crippen LogP contribution is 2.24. The van der Waals surface area contributed by atoms with Gasteiger partial charge in [-0.05, 0) is 60.7 Å². The average molecular weight is 496 g/mol. The molecular weight excluding hydrogens is 474 g/mol. The topological polar surface area (TPSA) is 136 Å². The predicted octanol–water partition coefficient (Wildman–Crippen LogP) is 3.50. The number of nitriles is 1. The third kappa shape index (κ3) is 6.68. The molecule has 0 fully saturated rings. The van der Waals surface area contributed by atoms with E-state index in [9.17, 15) is 18.0 Å². The first-order valence-electron chi connectivity index (χ1n) is 10.1. The zero-order chi connectivity index (χ0) is 24.6. The van der Waals surface area contributed by atoms with Crippen molar-refractivity contribution in [2.75, 3.05) is 16.8 Å². The maximum atomic E-state index is 12.9. The van der Waals surface area contributed by atoms with Crippen LogP contribution >= 0.6 is 11.8 Å². The number of sulfone groups is 1. The molecule has 0 radical (unpaired) electrons. The van der Waals surface area contributed by atoms with Gasteiger partial charge in [0.2, 0.25) is 5.91 Å². The number of benzene rings is 3. The van der Waals surface area contributed by atoms with Crippen molar-refractivity contribution in [3.05, 3.63) is 90.0 Å². The van der Waals surface area contributed by atoms with Gasteiger partial charge < -0.3 is 5.32 Å². The molecular formula is C24H21N3O5S2. The molecule has 0 spiro atoms. The Bertz CT molecular complexity index is 1290. The molecule has 174 valence electrons. The summed E-state index contributed by atoms with van der Waals surface area (Å²) in [6, 6.07) is 22.9. The predicted molar refractivity (Wildman–Crippen MR) is 128 cm³/mol. The average Bonchev–Trinajstić information content (AvgIpc) is 2.87. The lowest BCUT2D eigenvalue weighted by molar-refractivity contribution is -0.132. The second kappa shape index (κ2) is 11.5. The number of hydrogen-bond donors (Lipinski definition) is 3. The van der Waals surface area contributed by atoms with Gasteiger partial charge in [-0.2, -0.15) is 5.26 Å². The van der Waals surface area contributed by atoms with Gasteiger partial charge in [-0.15, -0.1) is 11.8 Å². The van der Waals surface area contributed by atoms with Crippen LogP contribution in [0.5, 0.6) is 0 Å². The summed E-state index contributed by atoms with van der Waals surface area (Å²) in [5, 5.41) is 20.6. The quantitative estimate of drug-likeness (QED) is 0.235. The molecule has 0 aliphatic heterocycles. The van der Waals surface area contributed by atoms with Crippen molar-refractivity contribution in [3.8, 4) is 6.07 Å². The van der Waals surface area contributed by atoms with E-state index in [0.717, 1.165) is 4.90 Å². The van der Waals surface area contributed by atoms with Gasteiger partial charge in [-0.1, -0.05) is 18.2 Å². The van der Waals surface area contributed by atoms with Crippen molar-refractivity contribution in [2.24, 2.45) is 5.92 Å². The Morgan fingerprint density at radius 2 is 1.62 bits per heavy atom. The van der Waals surface area contributed by atoms with Gasteiger partial charge in [0.05, 0.1) is 28.2 Å². The number of carbonyl (C=O) groups is 2. The van der Waals surface area contributed by atoms with Crippen LogP contribution in [0.1, 0.15) is 15.9 Å². The number of nitrogens with zero attached hydrogens (tertiary/aromatic N) is 1. The zero-order valence-corrected chi connectivity index (χ0v) is 19.5. The van der Waals surface area contributed by atoms with Crippen molar-refractivity contribution in [3.63, 3.8) is 0 Å². The standard InChI is InChI=1S/C24H21N3O5S2/c25-14-17-6-8-18(9-7-17)23(28)26-20-10-12-22(13-11-20)34(31,32)16-19(24(29)27-30)15-33-21-4-2-1-3-5-21/h1-13,19,30H,15-16H2,(H,26,28)(H,27,29). The maximum Gasteiger partial charge on any atom is 0.255 e. The highest BCUT2D eigenvalue weighted by atomic mass is 32.2. The molecule has 0 aromatic heterocycles. The molecule has 3 rings (SSSR count). The van der Waals surface area contributed by atoms with Crippen molar-refractivity contribution in [1.82, 2.24) is 5.48 Å². The summed E-state index contributed by atoms with van der Waals surface area (Å²) >= 11 is 1.32. The number of amides is 2. The lowest BCUT2D eigenvalue weighted by atomic mass is 10.1. The van der Waals surface area contributed by atoms with Gasteiger partial charge >= 0.3 is 0 Å². The van der Waals surface area contributed by atoms with E-state index in [0.29, 0.717) is 16.8 Å². The minimum Gasteiger partial charge on any atom is -0.322 e. The van der Waals surface area contributed by atoms with E-state index in [4.69, 9.17) is 10.5 Å². The third-order valence-corrected chi connectivity index (χ3v) is 7.85. The lowest BCUT2D eigenvalue weighted by Crippen LogP contribution is -2.34. The number of hydrogen-bond acceptors (Lipinski definition) is 7. The Labute approximate surface area is 201 Å². The fourth-order valence-electron chi connectivity index (χ4n) is 3.01. The van der Waals surface area contributed by atoms with Gasteiger partial charge in [-0.25, -0.2) is 13.9 Å². The van der Waals surface area contributed by atoms with Crippen molar-refractivity contribution >= 4 is 39.1 Å². The van der Waals surface area contributed by atoms with Gasteiger partial charge in [0, 0.05) is 21.9 Å². The monoisotopic (exact) mass is 495 g/mol. The van der Waals surface area contributed by atoms with E-state index in [1.165, 1.54) is 60.3 Å². The molecule has 0 saturated carbocycles. The second-order valence-corrected chi connectivity index (χ2v) is 10.4. The Morgan fingerprint density at radius 1 is 0.971 bits per heavy atom. The fraction of sp³-hybridized carbons (Fsp3) is 0.125. The molecule has 0 aliphatic carbocycles. The maximum absolute atomic E-state index is 12.9. The number of hydroxylamine groups is 1. The van der Waals surface area contributed by atoms with Gasteiger partial charge in [0.15, 0.2) is 9.84 Å². The van der Waals surface area contributed by atoms with Crippen LogP contribution in [0.15, 0.2) is 88.7 Å². The first-order valence-corrected chi connectivity index (χ1v) is 12.7. The Morgan fingerprint density at radius 3 is 2.21 bits per heavy atom. The van der Waals surface area contributed by atoms with Crippen LogP contribution in [-0.2, 0) is 14.6 Å². The second-order valence-electron chi connectivity index (χ2n) is 7.25. The van der Waals surface area contributed by atoms with Crippen LogP contribution in [0.25, 0.3) is 0 Å². The molecule has 3 aromatic rings. The summed E-state index contributed by atoms with van der Waals surface area (Å²) in [7, 11) is -3.85. The molecule has 1 atom stereocenters. The van der Waals surface area contributed by atoms with Gasteiger partial charge in [0.25, 0.3) is 5.91 Å². The molecule has 3 aromatic carbocycles. The summed E-state index contributed by atoms with van der Waals surface area (Å²) in [5.41, 5.74) is 2.72. The highest BCUT2D eigenvalue weighted by molar-refractivity contribution is 7.99. The molecule has 0 saturated heterocycles. The minimum atomic E-state index is -3.85. The lowest BCUT2D eigenvalue weighted by Gasteiger charge is -2.15. The summed E-state index contributed by atoms with van der Waals surface area (Å²) in [6.45, 7) is 0. The Kier molecular flexibility index (Phi) is 8.43. The van der Waals surface area contributed by atoms with E-state index in [1.54, 1.807) is 5.48 Å². The fourth-order valence-corrected chi connectivity index (χ4v) is 5.71. The molecule has 0 bridgehead atoms. The van der Waals surface area contributed by atoms with Gasteiger partial charge in [-0.3, -0.25) is 14.8 Å². The number of carbonyl (C=O) groups excluding carboxylic acids is 2. The molecule has 2 amide bonds. The highest BCUT2D eigenvalue weighted by Gasteiger charge is 2.27. The molecule has 34 heavy (non-hydrogen) atoms. The Balaban J connectivity index is 1.67.